The lowest BCUT2D eigenvalue weighted by atomic mass is 10.1. The Hall–Kier alpha value is -1.73. The number of pyridine rings is 1. The lowest BCUT2D eigenvalue weighted by molar-refractivity contribution is -0.0156. The summed E-state index contributed by atoms with van der Waals surface area (Å²) in [5, 5.41) is 0. The summed E-state index contributed by atoms with van der Waals surface area (Å²) in [6, 6.07) is 8.09. The smallest absolute Gasteiger partial charge is 0.126 e. The van der Waals surface area contributed by atoms with Gasteiger partial charge in [-0.1, -0.05) is 17.7 Å². The highest BCUT2D eigenvalue weighted by Crippen LogP contribution is 2.31. The molecule has 0 bridgehead atoms. The van der Waals surface area contributed by atoms with Gasteiger partial charge in [-0.3, -0.25) is 9.88 Å². The zero-order chi connectivity index (χ0) is 16.4. The van der Waals surface area contributed by atoms with Crippen molar-refractivity contribution >= 4 is 22.9 Å². The molecule has 4 rings (SSSR count). The van der Waals surface area contributed by atoms with Crippen LogP contribution in [0.1, 0.15) is 17.4 Å². The lowest BCUT2D eigenvalue weighted by Crippen LogP contribution is -2.39. The van der Waals surface area contributed by atoms with E-state index in [-0.39, 0.29) is 6.04 Å². The highest BCUT2D eigenvalue weighted by atomic mass is 35.5. The van der Waals surface area contributed by atoms with Crippen LogP contribution in [0.4, 0.5) is 0 Å². The van der Waals surface area contributed by atoms with Gasteiger partial charge in [0, 0.05) is 25.5 Å². The van der Waals surface area contributed by atoms with E-state index in [1.165, 1.54) is 5.56 Å². The van der Waals surface area contributed by atoms with Crippen molar-refractivity contribution in [1.82, 2.24) is 19.9 Å². The highest BCUT2D eigenvalue weighted by molar-refractivity contribution is 7.19. The number of ether oxygens (including phenoxy) is 1. The molecule has 3 aromatic rings. The van der Waals surface area contributed by atoms with Gasteiger partial charge in [0.25, 0.3) is 0 Å². The van der Waals surface area contributed by atoms with Gasteiger partial charge in [-0.2, -0.15) is 0 Å². The monoisotopic (exact) mass is 360 g/mol. The number of aromatic nitrogens is 3. The number of nitrogens with one attached hydrogen (secondary N) is 1. The van der Waals surface area contributed by atoms with Gasteiger partial charge in [-0.15, -0.1) is 11.3 Å². The molecule has 1 saturated heterocycles. The minimum atomic E-state index is 0.114. The number of hydrogen-bond donors (Lipinski definition) is 1. The maximum absolute atomic E-state index is 6.03. The number of thiophene rings is 1. The fraction of sp³-hybridized carbons (Fsp3) is 0.294. The molecular formula is C17H17ClN4OS. The number of hydrogen-bond acceptors (Lipinski definition) is 5. The van der Waals surface area contributed by atoms with Crippen LogP contribution in [0, 0.1) is 0 Å². The molecule has 0 spiro atoms. The zero-order valence-electron chi connectivity index (χ0n) is 13.0. The lowest BCUT2D eigenvalue weighted by Gasteiger charge is -2.34. The standard InChI is InChI=1S/C17H17ClN4OS/c18-16-4-3-15(24-16)13-9-20-17(21-13)14-11-23-7-6-22(14)10-12-2-1-5-19-8-12/h1-5,8-9,14H,6-7,10-11H2,(H,20,21)/t14-/m0/s1. The molecule has 1 aliphatic heterocycles. The topological polar surface area (TPSA) is 54.0 Å². The van der Waals surface area contributed by atoms with Crippen molar-refractivity contribution in [3.63, 3.8) is 0 Å². The average molecular weight is 361 g/mol. The molecule has 7 heteroatoms. The Balaban J connectivity index is 1.55. The van der Waals surface area contributed by atoms with Gasteiger partial charge >= 0.3 is 0 Å². The summed E-state index contributed by atoms with van der Waals surface area (Å²) < 4.78 is 6.47. The molecule has 0 aromatic carbocycles. The van der Waals surface area contributed by atoms with Crippen LogP contribution in [0.25, 0.3) is 10.6 Å². The summed E-state index contributed by atoms with van der Waals surface area (Å²) in [5.74, 6) is 0.929. The molecule has 24 heavy (non-hydrogen) atoms. The number of nitrogens with zero attached hydrogens (tertiary/aromatic N) is 3. The molecule has 1 aliphatic rings. The van der Waals surface area contributed by atoms with Crippen LogP contribution in [0.5, 0.6) is 0 Å². The molecule has 0 unspecified atom stereocenters. The SMILES string of the molecule is Clc1ccc(-c2cnc([C@@H]3COCCN3Cc3cccnc3)[nH]2)s1. The Morgan fingerprint density at radius 1 is 1.33 bits per heavy atom. The van der Waals surface area contributed by atoms with Crippen molar-refractivity contribution in [2.75, 3.05) is 19.8 Å². The van der Waals surface area contributed by atoms with Crippen LogP contribution in [-0.4, -0.2) is 39.6 Å². The zero-order valence-corrected chi connectivity index (χ0v) is 14.6. The van der Waals surface area contributed by atoms with Crippen LogP contribution < -0.4 is 0 Å². The minimum absolute atomic E-state index is 0.114. The third-order valence-corrected chi connectivity index (χ3v) is 5.36. The molecule has 4 heterocycles. The summed E-state index contributed by atoms with van der Waals surface area (Å²) in [7, 11) is 0. The minimum Gasteiger partial charge on any atom is -0.378 e. The van der Waals surface area contributed by atoms with Crippen molar-refractivity contribution in [2.24, 2.45) is 0 Å². The molecule has 0 saturated carbocycles. The van der Waals surface area contributed by atoms with Gasteiger partial charge in [-0.25, -0.2) is 4.98 Å². The van der Waals surface area contributed by atoms with Gasteiger partial charge in [0.1, 0.15) is 5.82 Å². The molecule has 124 valence electrons. The predicted molar refractivity (Wildman–Crippen MR) is 95.1 cm³/mol. The molecular weight excluding hydrogens is 344 g/mol. The summed E-state index contributed by atoms with van der Waals surface area (Å²) >= 11 is 7.57. The number of halogens is 1. The fourth-order valence-electron chi connectivity index (χ4n) is 2.90. The Kier molecular flexibility index (Phi) is 4.62. The Morgan fingerprint density at radius 2 is 2.29 bits per heavy atom. The van der Waals surface area contributed by atoms with Crippen molar-refractivity contribution in [3.05, 3.63) is 58.6 Å². The quantitative estimate of drug-likeness (QED) is 0.769. The molecule has 5 nitrogen and oxygen atoms in total. The van der Waals surface area contributed by atoms with Crippen molar-refractivity contribution < 1.29 is 4.74 Å². The van der Waals surface area contributed by atoms with E-state index in [9.17, 15) is 0 Å². The average Bonchev–Trinajstić information content (AvgIpc) is 3.25. The van der Waals surface area contributed by atoms with E-state index in [1.807, 2.05) is 30.6 Å². The molecule has 0 radical (unpaired) electrons. The Bertz CT molecular complexity index is 804. The molecule has 0 aliphatic carbocycles. The van der Waals surface area contributed by atoms with Gasteiger partial charge in [0.2, 0.25) is 0 Å². The first-order valence-corrected chi connectivity index (χ1v) is 9.00. The molecule has 3 aromatic heterocycles. The van der Waals surface area contributed by atoms with E-state index in [4.69, 9.17) is 16.3 Å². The second kappa shape index (κ2) is 7.03. The summed E-state index contributed by atoms with van der Waals surface area (Å²) in [6.07, 6.45) is 5.58. The summed E-state index contributed by atoms with van der Waals surface area (Å²) in [6.45, 7) is 3.09. The van der Waals surface area contributed by atoms with Crippen LogP contribution in [0.2, 0.25) is 4.34 Å². The van der Waals surface area contributed by atoms with E-state index < -0.39 is 0 Å². The highest BCUT2D eigenvalue weighted by Gasteiger charge is 2.27. The van der Waals surface area contributed by atoms with Crippen molar-refractivity contribution in [3.8, 4) is 10.6 Å². The molecule has 1 N–H and O–H groups in total. The van der Waals surface area contributed by atoms with Gasteiger partial charge in [-0.05, 0) is 23.8 Å². The van der Waals surface area contributed by atoms with E-state index in [1.54, 1.807) is 17.5 Å². The first kappa shape index (κ1) is 15.8. The van der Waals surface area contributed by atoms with Crippen LogP contribution in [0.3, 0.4) is 0 Å². The predicted octanol–water partition coefficient (Wildman–Crippen LogP) is 3.76. The van der Waals surface area contributed by atoms with Crippen molar-refractivity contribution in [1.29, 1.82) is 0 Å². The number of H-pyrrole nitrogens is 1. The van der Waals surface area contributed by atoms with E-state index >= 15 is 0 Å². The van der Waals surface area contributed by atoms with Crippen LogP contribution >= 0.6 is 22.9 Å². The Labute approximate surface area is 149 Å². The van der Waals surface area contributed by atoms with Crippen molar-refractivity contribution in [2.45, 2.75) is 12.6 Å². The fourth-order valence-corrected chi connectivity index (χ4v) is 3.90. The van der Waals surface area contributed by atoms with Gasteiger partial charge in [0.15, 0.2) is 0 Å². The van der Waals surface area contributed by atoms with E-state index in [2.05, 4.69) is 25.9 Å². The third-order valence-electron chi connectivity index (χ3n) is 4.10. The maximum Gasteiger partial charge on any atom is 0.126 e. The first-order chi connectivity index (χ1) is 11.8. The number of rotatable bonds is 4. The third kappa shape index (κ3) is 3.37. The van der Waals surface area contributed by atoms with Crippen LogP contribution in [-0.2, 0) is 11.3 Å². The van der Waals surface area contributed by atoms with E-state index in [0.29, 0.717) is 6.61 Å². The molecule has 1 fully saturated rings. The second-order valence-electron chi connectivity index (χ2n) is 5.71. The normalized spacial score (nSPS) is 18.8. The van der Waals surface area contributed by atoms with Crippen LogP contribution in [0.15, 0.2) is 42.9 Å². The van der Waals surface area contributed by atoms with Gasteiger partial charge < -0.3 is 9.72 Å². The second-order valence-corrected chi connectivity index (χ2v) is 7.42. The number of aromatic amines is 1. The summed E-state index contributed by atoms with van der Waals surface area (Å²) in [4.78, 5) is 15.7. The first-order valence-electron chi connectivity index (χ1n) is 7.81. The van der Waals surface area contributed by atoms with E-state index in [0.717, 1.165) is 40.4 Å². The largest absolute Gasteiger partial charge is 0.378 e. The number of morpholine rings is 1. The summed E-state index contributed by atoms with van der Waals surface area (Å²) in [5.41, 5.74) is 2.19. The Morgan fingerprint density at radius 3 is 3.08 bits per heavy atom. The number of imidazole rings is 1. The molecule has 0 amide bonds. The maximum atomic E-state index is 6.03. The van der Waals surface area contributed by atoms with Gasteiger partial charge in [0.05, 0.1) is 40.4 Å². The molecule has 1 atom stereocenters.